The number of nitrogens with one attached hydrogen (secondary N) is 1. The molecule has 4 rings (SSSR count). The largest absolute Gasteiger partial charge is 0.358 e. The Bertz CT molecular complexity index is 911. The van der Waals surface area contributed by atoms with E-state index in [0.29, 0.717) is 17.0 Å². The maximum atomic E-state index is 12.9. The molecule has 1 amide bonds. The molecule has 6 heteroatoms. The number of pyridine rings is 2. The molecule has 1 atom stereocenters. The van der Waals surface area contributed by atoms with Crippen molar-refractivity contribution in [1.82, 2.24) is 15.0 Å². The Labute approximate surface area is 144 Å². The first-order chi connectivity index (χ1) is 12.3. The molecule has 6 nitrogen and oxygen atoms in total. The summed E-state index contributed by atoms with van der Waals surface area (Å²) in [5.41, 5.74) is 2.73. The fourth-order valence-corrected chi connectivity index (χ4v) is 2.67. The van der Waals surface area contributed by atoms with Crippen LogP contribution < -0.4 is 5.32 Å². The number of anilines is 1. The highest BCUT2D eigenvalue weighted by Crippen LogP contribution is 2.32. The second-order valence-corrected chi connectivity index (χ2v) is 5.50. The normalized spacial score (nSPS) is 16.6. The van der Waals surface area contributed by atoms with Gasteiger partial charge in [-0.15, -0.1) is 0 Å². The molecule has 3 heterocycles. The third-order valence-electron chi connectivity index (χ3n) is 3.87. The highest BCUT2D eigenvalue weighted by molar-refractivity contribution is 6.02. The molecular formula is C19H15N5O. The van der Waals surface area contributed by atoms with Gasteiger partial charge < -0.3 is 5.32 Å². The van der Waals surface area contributed by atoms with Gasteiger partial charge in [0.2, 0.25) is 0 Å². The molecule has 0 radical (unpaired) electrons. The van der Waals surface area contributed by atoms with Gasteiger partial charge in [-0.25, -0.2) is 5.01 Å². The van der Waals surface area contributed by atoms with Gasteiger partial charge >= 0.3 is 0 Å². The molecule has 0 saturated carbocycles. The van der Waals surface area contributed by atoms with Gasteiger partial charge in [0.15, 0.2) is 6.17 Å². The van der Waals surface area contributed by atoms with Gasteiger partial charge in [-0.2, -0.15) is 5.10 Å². The molecule has 1 aliphatic rings. The van der Waals surface area contributed by atoms with E-state index in [1.807, 2.05) is 54.6 Å². The van der Waals surface area contributed by atoms with Crippen LogP contribution in [0, 0.1) is 0 Å². The molecule has 0 fully saturated rings. The summed E-state index contributed by atoms with van der Waals surface area (Å²) < 4.78 is 0. The second-order valence-electron chi connectivity index (χ2n) is 5.50. The van der Waals surface area contributed by atoms with Crippen molar-refractivity contribution in [2.75, 3.05) is 5.32 Å². The minimum atomic E-state index is -0.483. The number of carbonyl (C=O) groups excluding carboxylic acids is 1. The third kappa shape index (κ3) is 2.97. The Kier molecular flexibility index (Phi) is 3.92. The Morgan fingerprint density at radius 1 is 0.960 bits per heavy atom. The summed E-state index contributed by atoms with van der Waals surface area (Å²) in [6.07, 6.45) is 4.47. The number of fused-ring (bicyclic) bond motifs is 1. The van der Waals surface area contributed by atoms with Crippen molar-refractivity contribution in [2.24, 2.45) is 5.10 Å². The predicted molar refractivity (Wildman–Crippen MR) is 95.0 cm³/mol. The Hall–Kier alpha value is -3.54. The molecule has 0 bridgehead atoms. The summed E-state index contributed by atoms with van der Waals surface area (Å²) in [6.45, 7) is 0. The van der Waals surface area contributed by atoms with Crippen LogP contribution in [0.3, 0.4) is 0 Å². The van der Waals surface area contributed by atoms with Crippen LogP contribution in [-0.2, 0) is 0 Å². The van der Waals surface area contributed by atoms with Gasteiger partial charge in [-0.1, -0.05) is 24.3 Å². The first-order valence-electron chi connectivity index (χ1n) is 7.88. The SMILES string of the molecule is O=C1c2ccccc2NC(c2ccccn2)N1N=Cc1ccccn1. The Morgan fingerprint density at radius 3 is 2.48 bits per heavy atom. The first kappa shape index (κ1) is 15.0. The van der Waals surface area contributed by atoms with E-state index in [0.717, 1.165) is 5.69 Å². The number of hydrogen-bond donors (Lipinski definition) is 1. The topological polar surface area (TPSA) is 70.5 Å². The lowest BCUT2D eigenvalue weighted by Gasteiger charge is -2.33. The van der Waals surface area contributed by atoms with Crippen molar-refractivity contribution < 1.29 is 4.79 Å². The highest BCUT2D eigenvalue weighted by atomic mass is 16.2. The number of amides is 1. The van der Waals surface area contributed by atoms with E-state index in [1.54, 1.807) is 24.7 Å². The lowest BCUT2D eigenvalue weighted by atomic mass is 10.1. The van der Waals surface area contributed by atoms with E-state index in [-0.39, 0.29) is 5.91 Å². The Balaban J connectivity index is 1.75. The smallest absolute Gasteiger partial charge is 0.278 e. The van der Waals surface area contributed by atoms with Crippen LogP contribution in [0.1, 0.15) is 27.9 Å². The fourth-order valence-electron chi connectivity index (χ4n) is 2.67. The van der Waals surface area contributed by atoms with Crippen LogP contribution in [0.2, 0.25) is 0 Å². The summed E-state index contributed by atoms with van der Waals surface area (Å²) in [5, 5.41) is 9.13. The van der Waals surface area contributed by atoms with Gasteiger partial charge in [0.25, 0.3) is 5.91 Å². The van der Waals surface area contributed by atoms with Crippen LogP contribution in [-0.4, -0.2) is 27.1 Å². The quantitative estimate of drug-likeness (QED) is 0.750. The van der Waals surface area contributed by atoms with E-state index in [4.69, 9.17) is 0 Å². The highest BCUT2D eigenvalue weighted by Gasteiger charge is 2.33. The number of aromatic nitrogens is 2. The lowest BCUT2D eigenvalue weighted by molar-refractivity contribution is 0.0688. The third-order valence-corrected chi connectivity index (χ3v) is 3.87. The van der Waals surface area contributed by atoms with Crippen LogP contribution >= 0.6 is 0 Å². The molecule has 25 heavy (non-hydrogen) atoms. The molecule has 0 saturated heterocycles. The molecule has 1 N–H and O–H groups in total. The Morgan fingerprint density at radius 2 is 1.72 bits per heavy atom. The van der Waals surface area contributed by atoms with E-state index >= 15 is 0 Å². The van der Waals surface area contributed by atoms with Crippen molar-refractivity contribution in [3.8, 4) is 0 Å². The maximum absolute atomic E-state index is 12.9. The second kappa shape index (κ2) is 6.52. The van der Waals surface area contributed by atoms with Crippen molar-refractivity contribution in [2.45, 2.75) is 6.17 Å². The van der Waals surface area contributed by atoms with Gasteiger partial charge in [-0.3, -0.25) is 14.8 Å². The average Bonchev–Trinajstić information content (AvgIpc) is 2.69. The van der Waals surface area contributed by atoms with Crippen LogP contribution in [0.5, 0.6) is 0 Å². The summed E-state index contributed by atoms with van der Waals surface area (Å²) in [7, 11) is 0. The van der Waals surface area contributed by atoms with E-state index in [9.17, 15) is 4.79 Å². The summed E-state index contributed by atoms with van der Waals surface area (Å²) >= 11 is 0. The van der Waals surface area contributed by atoms with Gasteiger partial charge in [0.05, 0.1) is 23.2 Å². The minimum absolute atomic E-state index is 0.183. The number of nitrogens with zero attached hydrogens (tertiary/aromatic N) is 4. The first-order valence-corrected chi connectivity index (χ1v) is 7.88. The standard InChI is InChI=1S/C19H15N5O/c25-19-15-8-1-2-9-16(15)23-18(17-10-4-6-12-21-17)24(19)22-13-14-7-3-5-11-20-14/h1-13,18,23H. The van der Waals surface area contributed by atoms with E-state index in [1.165, 1.54) is 5.01 Å². The number of benzene rings is 1. The molecular weight excluding hydrogens is 314 g/mol. The van der Waals surface area contributed by atoms with Crippen LogP contribution in [0.4, 0.5) is 5.69 Å². The molecule has 122 valence electrons. The van der Waals surface area contributed by atoms with Gasteiger partial charge in [-0.05, 0) is 36.4 Å². The lowest BCUT2D eigenvalue weighted by Crippen LogP contribution is -2.40. The monoisotopic (exact) mass is 329 g/mol. The zero-order chi connectivity index (χ0) is 17.1. The zero-order valence-corrected chi connectivity index (χ0v) is 13.3. The molecule has 1 aliphatic heterocycles. The summed E-state index contributed by atoms with van der Waals surface area (Å²) in [5.74, 6) is -0.183. The molecule has 2 aromatic heterocycles. The molecule has 1 aromatic carbocycles. The van der Waals surface area contributed by atoms with Crippen molar-refractivity contribution in [3.05, 3.63) is 90.0 Å². The minimum Gasteiger partial charge on any atom is -0.358 e. The van der Waals surface area contributed by atoms with E-state index < -0.39 is 6.17 Å². The van der Waals surface area contributed by atoms with Crippen LogP contribution in [0.15, 0.2) is 78.2 Å². The van der Waals surface area contributed by atoms with Crippen molar-refractivity contribution in [3.63, 3.8) is 0 Å². The number of para-hydroxylation sites is 1. The average molecular weight is 329 g/mol. The summed E-state index contributed by atoms with van der Waals surface area (Å²) in [4.78, 5) is 21.5. The number of hydrogen-bond acceptors (Lipinski definition) is 5. The van der Waals surface area contributed by atoms with Crippen molar-refractivity contribution >= 4 is 17.8 Å². The van der Waals surface area contributed by atoms with Gasteiger partial charge in [0.1, 0.15) is 0 Å². The van der Waals surface area contributed by atoms with E-state index in [2.05, 4.69) is 20.4 Å². The van der Waals surface area contributed by atoms with Gasteiger partial charge in [0, 0.05) is 18.1 Å². The maximum Gasteiger partial charge on any atom is 0.278 e. The van der Waals surface area contributed by atoms with Crippen LogP contribution in [0.25, 0.3) is 0 Å². The molecule has 0 spiro atoms. The molecule has 1 unspecified atom stereocenters. The fraction of sp³-hybridized carbons (Fsp3) is 0.0526. The summed E-state index contributed by atoms with van der Waals surface area (Å²) in [6, 6.07) is 18.5. The number of hydrazone groups is 1. The molecule has 3 aromatic rings. The number of carbonyl (C=O) groups is 1. The predicted octanol–water partition coefficient (Wildman–Crippen LogP) is 3.08. The number of rotatable bonds is 3. The molecule has 0 aliphatic carbocycles. The zero-order valence-electron chi connectivity index (χ0n) is 13.3. The van der Waals surface area contributed by atoms with Crippen molar-refractivity contribution in [1.29, 1.82) is 0 Å².